The van der Waals surface area contributed by atoms with E-state index in [9.17, 15) is 39.9 Å². The molecule has 30 heavy (non-hydrogen) atoms. The first-order chi connectivity index (χ1) is 13.9. The van der Waals surface area contributed by atoms with E-state index in [1.165, 1.54) is 4.90 Å². The van der Waals surface area contributed by atoms with Crippen molar-refractivity contribution in [1.82, 2.24) is 0 Å². The molecule has 2 atom stereocenters. The minimum Gasteiger partial charge on any atom is -0.385 e. The Balaban J connectivity index is 1.94. The van der Waals surface area contributed by atoms with Crippen LogP contribution in [0.15, 0.2) is 29.2 Å². The Hall–Kier alpha value is -2.27. The molecular weight excluding hydrogens is 436 g/mol. The number of sulfone groups is 1. The first kappa shape index (κ1) is 21.0. The van der Waals surface area contributed by atoms with Gasteiger partial charge in [-0.3, -0.25) is 0 Å². The van der Waals surface area contributed by atoms with Crippen molar-refractivity contribution in [3.05, 3.63) is 52.6 Å². The highest BCUT2D eigenvalue weighted by molar-refractivity contribution is 7.92. The van der Waals surface area contributed by atoms with Gasteiger partial charge in [-0.05, 0) is 42.2 Å². The van der Waals surface area contributed by atoms with Gasteiger partial charge in [0.1, 0.15) is 23.9 Å². The largest absolute Gasteiger partial charge is 0.501 e. The summed E-state index contributed by atoms with van der Waals surface area (Å²) >= 11 is 0. The summed E-state index contributed by atoms with van der Waals surface area (Å²) in [6, 6.07) is 3.49. The number of nitrogens with zero attached hydrogens (tertiary/aromatic N) is 1. The molecular formula is C19H15F6NO3S. The lowest BCUT2D eigenvalue weighted by Crippen LogP contribution is -2.28. The van der Waals surface area contributed by atoms with Crippen molar-refractivity contribution in [3.8, 4) is 0 Å². The van der Waals surface area contributed by atoms with Crippen molar-refractivity contribution in [2.45, 2.75) is 41.9 Å². The summed E-state index contributed by atoms with van der Waals surface area (Å²) < 4.78 is 106. The Morgan fingerprint density at radius 1 is 1.13 bits per heavy atom. The maximum Gasteiger partial charge on any atom is 0.501 e. The summed E-state index contributed by atoms with van der Waals surface area (Å²) in [5, 5.41) is 10.1. The average molecular weight is 451 g/mol. The summed E-state index contributed by atoms with van der Waals surface area (Å²) in [5.41, 5.74) is -6.05. The van der Waals surface area contributed by atoms with E-state index in [1.807, 2.05) is 0 Å². The van der Waals surface area contributed by atoms with Crippen LogP contribution in [0.4, 0.5) is 37.7 Å². The molecule has 0 unspecified atom stereocenters. The first-order valence-corrected chi connectivity index (χ1v) is 10.5. The number of anilines is 2. The van der Waals surface area contributed by atoms with Crippen molar-refractivity contribution in [2.24, 2.45) is 0 Å². The van der Waals surface area contributed by atoms with Crippen LogP contribution >= 0.6 is 0 Å². The molecule has 0 amide bonds. The summed E-state index contributed by atoms with van der Waals surface area (Å²) in [6.07, 6.45) is -3.83. The predicted octanol–water partition coefficient (Wildman–Crippen LogP) is 4.27. The van der Waals surface area contributed by atoms with Gasteiger partial charge in [-0.1, -0.05) is 0 Å². The second kappa shape index (κ2) is 6.88. The van der Waals surface area contributed by atoms with E-state index < -0.39 is 56.1 Å². The zero-order valence-corrected chi connectivity index (χ0v) is 16.0. The van der Waals surface area contributed by atoms with Gasteiger partial charge >= 0.3 is 5.51 Å². The Morgan fingerprint density at radius 2 is 1.83 bits per heavy atom. The average Bonchev–Trinajstić information content (AvgIpc) is 2.94. The molecule has 162 valence electrons. The van der Waals surface area contributed by atoms with Crippen LogP contribution in [-0.4, -0.2) is 31.7 Å². The van der Waals surface area contributed by atoms with Gasteiger partial charge in [-0.15, -0.1) is 0 Å². The third kappa shape index (κ3) is 3.06. The zero-order chi connectivity index (χ0) is 22.0. The Bertz CT molecular complexity index is 1130. The van der Waals surface area contributed by atoms with Crippen LogP contribution < -0.4 is 4.90 Å². The van der Waals surface area contributed by atoms with Crippen molar-refractivity contribution in [2.75, 3.05) is 11.4 Å². The number of hydrogen-bond donors (Lipinski definition) is 1. The molecule has 0 radical (unpaired) electrons. The first-order valence-electron chi connectivity index (χ1n) is 8.98. The molecule has 1 aliphatic heterocycles. The fraction of sp³-hybridized carbons (Fsp3) is 0.368. The minimum absolute atomic E-state index is 0.00641. The third-order valence-electron chi connectivity index (χ3n) is 5.42. The van der Waals surface area contributed by atoms with Gasteiger partial charge in [0.05, 0.1) is 10.6 Å². The molecule has 1 aliphatic carbocycles. The lowest BCUT2D eigenvalue weighted by Gasteiger charge is -2.33. The summed E-state index contributed by atoms with van der Waals surface area (Å²) in [6.45, 7) is 0.195. The van der Waals surface area contributed by atoms with Gasteiger partial charge < -0.3 is 10.0 Å². The van der Waals surface area contributed by atoms with Crippen LogP contribution in [0.2, 0.25) is 0 Å². The molecule has 0 spiro atoms. The lowest BCUT2D eigenvalue weighted by atomic mass is 9.98. The van der Waals surface area contributed by atoms with Crippen LogP contribution in [0.3, 0.4) is 0 Å². The summed E-state index contributed by atoms with van der Waals surface area (Å²) in [7, 11) is -5.85. The summed E-state index contributed by atoms with van der Waals surface area (Å²) in [5.74, 6) is -1.69. The van der Waals surface area contributed by atoms with Gasteiger partial charge in [0.25, 0.3) is 9.84 Å². The number of halogens is 6. The van der Waals surface area contributed by atoms with Crippen LogP contribution in [0.1, 0.15) is 29.2 Å². The molecule has 2 aromatic carbocycles. The van der Waals surface area contributed by atoms with Crippen molar-refractivity contribution in [3.63, 3.8) is 0 Å². The molecule has 0 bridgehead atoms. The maximum absolute atomic E-state index is 14.5. The molecule has 0 aromatic heterocycles. The second-order valence-electron chi connectivity index (χ2n) is 7.24. The molecule has 0 fully saturated rings. The number of aliphatic hydroxyl groups is 1. The van der Waals surface area contributed by atoms with Crippen molar-refractivity contribution in [1.29, 1.82) is 0 Å². The van der Waals surface area contributed by atoms with E-state index in [1.54, 1.807) is 0 Å². The number of hydrogen-bond acceptors (Lipinski definition) is 4. The van der Waals surface area contributed by atoms with E-state index in [0.717, 1.165) is 12.1 Å². The molecule has 4 nitrogen and oxygen atoms in total. The monoisotopic (exact) mass is 451 g/mol. The Morgan fingerprint density at radius 3 is 2.50 bits per heavy atom. The van der Waals surface area contributed by atoms with Crippen molar-refractivity contribution >= 4 is 21.2 Å². The number of rotatable bonds is 2. The molecule has 1 N–H and O–H groups in total. The van der Waals surface area contributed by atoms with E-state index in [-0.39, 0.29) is 23.5 Å². The molecule has 0 saturated heterocycles. The number of fused-ring (bicyclic) bond motifs is 2. The third-order valence-corrected chi connectivity index (χ3v) is 6.96. The molecule has 11 heteroatoms. The van der Waals surface area contributed by atoms with Gasteiger partial charge in [0, 0.05) is 30.3 Å². The van der Waals surface area contributed by atoms with Gasteiger partial charge in [-0.25, -0.2) is 21.6 Å². The maximum atomic E-state index is 14.5. The quantitative estimate of drug-likeness (QED) is 0.693. The standard InChI is InChI=1S/C19H15F6NO3S/c20-10-6-9-2-1-5-26(17(9)12(21)7-10)14-3-4-15(30(28,29)19(23,24)25)16-11(14)8-13(22)18(16)27/h3-4,6-7,13,18,27H,1-2,5,8H2/t13-,18-/m1/s1. The molecule has 0 saturated carbocycles. The van der Waals surface area contributed by atoms with E-state index in [4.69, 9.17) is 0 Å². The number of aliphatic hydroxyl groups excluding tert-OH is 1. The number of alkyl halides is 4. The highest BCUT2D eigenvalue weighted by Gasteiger charge is 2.50. The normalized spacial score (nSPS) is 21.5. The van der Waals surface area contributed by atoms with Crippen LogP contribution in [-0.2, 0) is 22.7 Å². The van der Waals surface area contributed by atoms with Gasteiger partial charge in [0.15, 0.2) is 0 Å². The van der Waals surface area contributed by atoms with E-state index >= 15 is 0 Å². The minimum atomic E-state index is -5.85. The molecule has 2 aliphatic rings. The smallest absolute Gasteiger partial charge is 0.385 e. The highest BCUT2D eigenvalue weighted by Crippen LogP contribution is 2.47. The highest BCUT2D eigenvalue weighted by atomic mass is 32.2. The topological polar surface area (TPSA) is 57.6 Å². The molecule has 1 heterocycles. The Kier molecular flexibility index (Phi) is 4.81. The van der Waals surface area contributed by atoms with Gasteiger partial charge in [-0.2, -0.15) is 13.2 Å². The van der Waals surface area contributed by atoms with Crippen molar-refractivity contribution < 1.29 is 39.9 Å². The lowest BCUT2D eigenvalue weighted by molar-refractivity contribution is -0.0437. The molecule has 2 aromatic rings. The fourth-order valence-electron chi connectivity index (χ4n) is 4.16. The SMILES string of the molecule is O=S(=O)(c1ccc(N2CCCc3cc(F)cc(F)c32)c2c1[C@H](O)[C@H](F)C2)C(F)(F)F. The Labute approximate surface area is 167 Å². The second-order valence-corrected chi connectivity index (χ2v) is 9.15. The zero-order valence-electron chi connectivity index (χ0n) is 15.2. The molecule has 4 rings (SSSR count). The van der Waals surface area contributed by atoms with Crippen LogP contribution in [0, 0.1) is 11.6 Å². The van der Waals surface area contributed by atoms with E-state index in [0.29, 0.717) is 30.5 Å². The van der Waals surface area contributed by atoms with Gasteiger partial charge in [0.2, 0.25) is 0 Å². The number of benzene rings is 2. The fourth-order valence-corrected chi connectivity index (χ4v) is 5.19. The predicted molar refractivity (Wildman–Crippen MR) is 94.9 cm³/mol. The van der Waals surface area contributed by atoms with Crippen LogP contribution in [0.5, 0.6) is 0 Å². The summed E-state index contributed by atoms with van der Waals surface area (Å²) in [4.78, 5) is 0.138. The van der Waals surface area contributed by atoms with Crippen LogP contribution in [0.25, 0.3) is 0 Å². The van der Waals surface area contributed by atoms with E-state index in [2.05, 4.69) is 0 Å². The number of aryl methyl sites for hydroxylation is 1.